The number of nitriles is 1. The van der Waals surface area contributed by atoms with E-state index in [0.29, 0.717) is 0 Å². The van der Waals surface area contributed by atoms with Crippen molar-refractivity contribution in [2.24, 2.45) is 0 Å². The van der Waals surface area contributed by atoms with Gasteiger partial charge >= 0.3 is 0 Å². The Kier molecular flexibility index (Phi) is 3.08. The summed E-state index contributed by atoms with van der Waals surface area (Å²) in [6.45, 7) is 0. The van der Waals surface area contributed by atoms with Gasteiger partial charge in [0, 0.05) is 6.20 Å². The molecule has 0 bridgehead atoms. The van der Waals surface area contributed by atoms with Gasteiger partial charge in [0.1, 0.15) is 17.3 Å². The summed E-state index contributed by atoms with van der Waals surface area (Å²) in [7, 11) is 0. The Morgan fingerprint density at radius 2 is 2.15 bits per heavy atom. The quantitative estimate of drug-likeness (QED) is 0.747. The first-order chi connectivity index (χ1) is 6.07. The molecule has 1 heterocycles. The zero-order valence-electron chi connectivity index (χ0n) is 6.06. The summed E-state index contributed by atoms with van der Waals surface area (Å²) in [5.74, 6) is -0.937. The predicted molar refractivity (Wildman–Crippen MR) is 46.6 cm³/mol. The molecular formula is C7H2F3IN2. The number of halogens is 4. The molecule has 0 radical (unpaired) electrons. The number of hydrogen-bond donors (Lipinski definition) is 0. The summed E-state index contributed by atoms with van der Waals surface area (Å²) in [5, 5.41) is 8.41. The lowest BCUT2D eigenvalue weighted by Gasteiger charge is -2.02. The van der Waals surface area contributed by atoms with E-state index < -0.39 is 23.5 Å². The summed E-state index contributed by atoms with van der Waals surface area (Å²) in [4.78, 5) is 3.29. The Hall–Kier alpha value is -0.840. The molecule has 0 aliphatic rings. The minimum Gasteiger partial charge on any atom is -0.253 e. The third-order valence-electron chi connectivity index (χ3n) is 1.32. The maximum absolute atomic E-state index is 13.0. The van der Waals surface area contributed by atoms with Crippen molar-refractivity contribution in [2.45, 2.75) is 6.43 Å². The van der Waals surface area contributed by atoms with Crippen LogP contribution in [-0.2, 0) is 0 Å². The minimum absolute atomic E-state index is 0.0542. The normalized spacial score (nSPS) is 10.2. The first-order valence-electron chi connectivity index (χ1n) is 3.10. The molecule has 2 nitrogen and oxygen atoms in total. The number of hydrogen-bond acceptors (Lipinski definition) is 2. The molecule has 0 saturated carbocycles. The fourth-order valence-corrected chi connectivity index (χ4v) is 1.16. The fourth-order valence-electron chi connectivity index (χ4n) is 0.751. The van der Waals surface area contributed by atoms with Gasteiger partial charge in [0.05, 0.1) is 3.57 Å². The van der Waals surface area contributed by atoms with Crippen LogP contribution in [0.4, 0.5) is 13.2 Å². The highest BCUT2D eigenvalue weighted by Gasteiger charge is 2.19. The van der Waals surface area contributed by atoms with Crippen LogP contribution in [0.5, 0.6) is 0 Å². The summed E-state index contributed by atoms with van der Waals surface area (Å²) in [5.41, 5.74) is -1.48. The Balaban J connectivity index is 3.41. The molecule has 0 spiro atoms. The standard InChI is InChI=1S/C7H2F3IN2/c8-5-3(1-12)6(7(9)10)13-2-4(5)11/h2,7H. The van der Waals surface area contributed by atoms with Gasteiger partial charge in [0.15, 0.2) is 5.82 Å². The molecule has 0 unspecified atom stereocenters. The van der Waals surface area contributed by atoms with E-state index >= 15 is 0 Å². The zero-order valence-corrected chi connectivity index (χ0v) is 8.22. The lowest BCUT2D eigenvalue weighted by atomic mass is 10.2. The molecular weight excluding hydrogens is 296 g/mol. The van der Waals surface area contributed by atoms with Gasteiger partial charge in [-0.05, 0) is 22.6 Å². The highest BCUT2D eigenvalue weighted by molar-refractivity contribution is 14.1. The number of alkyl halides is 2. The van der Waals surface area contributed by atoms with E-state index in [0.717, 1.165) is 6.20 Å². The van der Waals surface area contributed by atoms with Gasteiger partial charge in [-0.3, -0.25) is 4.98 Å². The average Bonchev–Trinajstić information content (AvgIpc) is 2.09. The van der Waals surface area contributed by atoms with Crippen LogP contribution in [0.2, 0.25) is 0 Å². The number of pyridine rings is 1. The molecule has 0 N–H and O–H groups in total. The van der Waals surface area contributed by atoms with Gasteiger partial charge in [-0.2, -0.15) is 5.26 Å². The van der Waals surface area contributed by atoms with Crippen molar-refractivity contribution < 1.29 is 13.2 Å². The van der Waals surface area contributed by atoms with E-state index in [1.807, 2.05) is 0 Å². The van der Waals surface area contributed by atoms with Gasteiger partial charge in [0.2, 0.25) is 0 Å². The topological polar surface area (TPSA) is 36.7 Å². The molecule has 1 aromatic rings. The smallest absolute Gasteiger partial charge is 0.253 e. The molecule has 0 aromatic carbocycles. The van der Waals surface area contributed by atoms with Crippen LogP contribution in [0.25, 0.3) is 0 Å². The van der Waals surface area contributed by atoms with Crippen LogP contribution >= 0.6 is 22.6 Å². The Bertz CT molecular complexity index is 373. The highest BCUT2D eigenvalue weighted by Crippen LogP contribution is 2.24. The van der Waals surface area contributed by atoms with Gasteiger partial charge in [0.25, 0.3) is 6.43 Å². The van der Waals surface area contributed by atoms with E-state index in [2.05, 4.69) is 4.98 Å². The van der Waals surface area contributed by atoms with Crippen molar-refractivity contribution in [2.75, 3.05) is 0 Å². The first-order valence-corrected chi connectivity index (χ1v) is 4.18. The second-order valence-electron chi connectivity index (χ2n) is 2.09. The maximum Gasteiger partial charge on any atom is 0.281 e. The van der Waals surface area contributed by atoms with Crippen LogP contribution in [0.3, 0.4) is 0 Å². The van der Waals surface area contributed by atoms with Crippen LogP contribution in [0.1, 0.15) is 17.7 Å². The molecule has 6 heteroatoms. The van der Waals surface area contributed by atoms with E-state index in [-0.39, 0.29) is 3.57 Å². The van der Waals surface area contributed by atoms with Crippen molar-refractivity contribution in [3.63, 3.8) is 0 Å². The third-order valence-corrected chi connectivity index (χ3v) is 2.07. The van der Waals surface area contributed by atoms with Gasteiger partial charge in [-0.15, -0.1) is 0 Å². The highest BCUT2D eigenvalue weighted by atomic mass is 127. The minimum atomic E-state index is -2.93. The fraction of sp³-hybridized carbons (Fsp3) is 0.143. The van der Waals surface area contributed by atoms with Crippen molar-refractivity contribution >= 4 is 22.6 Å². The zero-order chi connectivity index (χ0) is 10.0. The predicted octanol–water partition coefficient (Wildman–Crippen LogP) is 2.63. The van der Waals surface area contributed by atoms with Crippen molar-refractivity contribution in [1.82, 2.24) is 4.98 Å². The summed E-state index contributed by atoms with van der Waals surface area (Å²) in [6.07, 6.45) is -1.96. The van der Waals surface area contributed by atoms with Crippen LogP contribution in [-0.4, -0.2) is 4.98 Å². The molecule has 0 fully saturated rings. The van der Waals surface area contributed by atoms with Crippen molar-refractivity contribution in [3.8, 4) is 6.07 Å². The average molecular weight is 298 g/mol. The van der Waals surface area contributed by atoms with Crippen molar-refractivity contribution in [3.05, 3.63) is 26.8 Å². The molecule has 0 aliphatic heterocycles. The summed E-state index contributed by atoms with van der Waals surface area (Å²) < 4.78 is 37.4. The van der Waals surface area contributed by atoms with Gasteiger partial charge < -0.3 is 0 Å². The molecule has 1 rings (SSSR count). The molecule has 0 atom stereocenters. The van der Waals surface area contributed by atoms with Crippen LogP contribution in [0, 0.1) is 20.7 Å². The molecule has 0 amide bonds. The largest absolute Gasteiger partial charge is 0.281 e. The Morgan fingerprint density at radius 1 is 1.54 bits per heavy atom. The molecule has 0 aliphatic carbocycles. The monoisotopic (exact) mass is 298 g/mol. The lowest BCUT2D eigenvalue weighted by Crippen LogP contribution is -2.00. The number of nitrogens with zero attached hydrogens (tertiary/aromatic N) is 2. The Morgan fingerprint density at radius 3 is 2.62 bits per heavy atom. The first kappa shape index (κ1) is 10.2. The molecule has 13 heavy (non-hydrogen) atoms. The van der Waals surface area contributed by atoms with E-state index in [1.54, 1.807) is 22.6 Å². The van der Waals surface area contributed by atoms with Gasteiger partial charge in [-0.25, -0.2) is 13.2 Å². The van der Waals surface area contributed by atoms with Crippen molar-refractivity contribution in [1.29, 1.82) is 5.26 Å². The second-order valence-corrected chi connectivity index (χ2v) is 3.26. The third kappa shape index (κ3) is 1.91. The lowest BCUT2D eigenvalue weighted by molar-refractivity contribution is 0.145. The second kappa shape index (κ2) is 3.91. The summed E-state index contributed by atoms with van der Waals surface area (Å²) >= 11 is 1.58. The molecule has 0 saturated heterocycles. The van der Waals surface area contributed by atoms with E-state index in [1.165, 1.54) is 6.07 Å². The summed E-state index contributed by atoms with van der Waals surface area (Å²) in [6, 6.07) is 1.36. The van der Waals surface area contributed by atoms with E-state index in [4.69, 9.17) is 5.26 Å². The maximum atomic E-state index is 13.0. The molecule has 1 aromatic heterocycles. The van der Waals surface area contributed by atoms with E-state index in [9.17, 15) is 13.2 Å². The SMILES string of the molecule is N#Cc1c(C(F)F)ncc(I)c1F. The Labute approximate surface area is 85.5 Å². The number of rotatable bonds is 1. The molecule has 68 valence electrons. The van der Waals surface area contributed by atoms with Crippen LogP contribution in [0.15, 0.2) is 6.20 Å². The van der Waals surface area contributed by atoms with Gasteiger partial charge in [-0.1, -0.05) is 0 Å². The number of aromatic nitrogens is 1. The van der Waals surface area contributed by atoms with Crippen LogP contribution < -0.4 is 0 Å².